The molecule has 0 aliphatic carbocycles. The van der Waals surface area contributed by atoms with E-state index in [9.17, 15) is 0 Å². The Balaban J connectivity index is 1.89. The summed E-state index contributed by atoms with van der Waals surface area (Å²) in [5.41, 5.74) is 7.91. The molecule has 2 aromatic carbocycles. The number of hydrogen-bond acceptors (Lipinski definition) is 3. The second-order valence-electron chi connectivity index (χ2n) is 9.53. The lowest BCUT2D eigenvalue weighted by Gasteiger charge is -2.42. The van der Waals surface area contributed by atoms with E-state index in [0.29, 0.717) is 16.6 Å². The van der Waals surface area contributed by atoms with Gasteiger partial charge in [-0.3, -0.25) is 0 Å². The van der Waals surface area contributed by atoms with Gasteiger partial charge >= 0.3 is 0 Å². The van der Waals surface area contributed by atoms with Gasteiger partial charge in [0.25, 0.3) is 8.32 Å². The monoisotopic (exact) mass is 423 g/mol. The molecule has 1 aliphatic rings. The van der Waals surface area contributed by atoms with Gasteiger partial charge in [-0.1, -0.05) is 47.6 Å². The molecule has 0 fully saturated rings. The number of aryl methyl sites for hydroxylation is 2. The van der Waals surface area contributed by atoms with Crippen molar-refractivity contribution in [2.24, 2.45) is 0 Å². The number of ether oxygens (including phenoxy) is 1. The van der Waals surface area contributed by atoms with Gasteiger partial charge in [0, 0.05) is 6.20 Å². The van der Waals surface area contributed by atoms with Crippen molar-refractivity contribution in [3.63, 3.8) is 0 Å². The quantitative estimate of drug-likeness (QED) is 0.462. The van der Waals surface area contributed by atoms with Crippen molar-refractivity contribution in [2.75, 3.05) is 5.32 Å². The minimum Gasteiger partial charge on any atom is -0.543 e. The molecule has 0 unspecified atom stereocenters. The average molecular weight is 424 g/mol. The molecule has 4 heteroatoms. The van der Waals surface area contributed by atoms with Crippen LogP contribution in [0.3, 0.4) is 0 Å². The number of benzene rings is 2. The summed E-state index contributed by atoms with van der Waals surface area (Å²) in [6.07, 6.45) is 4.38. The minimum atomic E-state index is -1.95. The van der Waals surface area contributed by atoms with E-state index >= 15 is 0 Å². The van der Waals surface area contributed by atoms with Gasteiger partial charge in [-0.25, -0.2) is 0 Å². The predicted molar refractivity (Wildman–Crippen MR) is 130 cm³/mol. The SMILES string of the molecule is Cc1cc(O[Si](C(C)C)(C(C)C)C(C)C)cc(C)c1Cc1ccc2c(c1)OC=CN2. The molecule has 0 saturated carbocycles. The van der Waals surface area contributed by atoms with Crippen LogP contribution < -0.4 is 14.5 Å². The molecule has 30 heavy (non-hydrogen) atoms. The molecule has 0 amide bonds. The second-order valence-corrected chi connectivity index (χ2v) is 14.9. The van der Waals surface area contributed by atoms with Gasteiger partial charge in [-0.2, -0.15) is 0 Å². The minimum absolute atomic E-state index is 0.566. The summed E-state index contributed by atoms with van der Waals surface area (Å²) in [5.74, 6) is 1.92. The maximum Gasteiger partial charge on any atom is 0.258 e. The Hall–Kier alpha value is -2.20. The molecule has 3 rings (SSSR count). The molecule has 3 nitrogen and oxygen atoms in total. The topological polar surface area (TPSA) is 30.5 Å². The third kappa shape index (κ3) is 4.29. The van der Waals surface area contributed by atoms with E-state index < -0.39 is 8.32 Å². The van der Waals surface area contributed by atoms with Crippen LogP contribution in [0, 0.1) is 13.8 Å². The first kappa shape index (κ1) is 22.5. The highest BCUT2D eigenvalue weighted by molar-refractivity contribution is 6.78. The van der Waals surface area contributed by atoms with Crippen LogP contribution in [0.5, 0.6) is 11.5 Å². The largest absolute Gasteiger partial charge is 0.543 e. The maximum atomic E-state index is 6.93. The highest BCUT2D eigenvalue weighted by Crippen LogP contribution is 2.43. The molecule has 0 saturated heterocycles. The zero-order chi connectivity index (χ0) is 22.1. The van der Waals surface area contributed by atoms with Crippen LogP contribution in [0.15, 0.2) is 42.8 Å². The zero-order valence-corrected chi connectivity index (χ0v) is 20.8. The zero-order valence-electron chi connectivity index (χ0n) is 19.8. The number of fused-ring (bicyclic) bond motifs is 1. The Morgan fingerprint density at radius 2 is 1.50 bits per heavy atom. The van der Waals surface area contributed by atoms with Crippen LogP contribution in [-0.4, -0.2) is 8.32 Å². The van der Waals surface area contributed by atoms with Crippen LogP contribution in [0.4, 0.5) is 5.69 Å². The van der Waals surface area contributed by atoms with Gasteiger partial charge in [0.05, 0.1) is 5.69 Å². The van der Waals surface area contributed by atoms with E-state index in [-0.39, 0.29) is 0 Å². The average Bonchev–Trinajstić information content (AvgIpc) is 2.68. The van der Waals surface area contributed by atoms with E-state index in [2.05, 4.69) is 91.0 Å². The van der Waals surface area contributed by atoms with Crippen LogP contribution in [0.25, 0.3) is 0 Å². The van der Waals surface area contributed by atoms with E-state index in [1.54, 1.807) is 6.26 Å². The molecule has 0 bridgehead atoms. The van der Waals surface area contributed by atoms with Gasteiger partial charge in [-0.15, -0.1) is 0 Å². The van der Waals surface area contributed by atoms with E-state index in [1.807, 2.05) is 6.20 Å². The summed E-state index contributed by atoms with van der Waals surface area (Å²) in [6.45, 7) is 18.4. The standard InChI is InChI=1S/C26H37NO2Si/c1-17(2)30(18(3)4,19(5)6)29-23-13-20(7)24(21(8)14-23)15-22-9-10-25-26(16-22)28-12-11-27-25/h9-14,16-19,27H,15H2,1-8H3. The highest BCUT2D eigenvalue weighted by atomic mass is 28.4. The molecule has 2 aromatic rings. The summed E-state index contributed by atoms with van der Waals surface area (Å²) >= 11 is 0. The Labute approximate surface area is 183 Å². The fourth-order valence-corrected chi connectivity index (χ4v) is 10.4. The van der Waals surface area contributed by atoms with Gasteiger partial charge in [0.15, 0.2) is 0 Å². The molecule has 0 atom stereocenters. The van der Waals surface area contributed by atoms with E-state index in [4.69, 9.17) is 9.16 Å². The predicted octanol–water partition coefficient (Wildman–Crippen LogP) is 7.72. The fraction of sp³-hybridized carbons (Fsp3) is 0.462. The van der Waals surface area contributed by atoms with Crippen molar-refractivity contribution in [1.82, 2.24) is 0 Å². The third-order valence-corrected chi connectivity index (χ3v) is 12.6. The molecule has 1 N–H and O–H groups in total. The number of anilines is 1. The van der Waals surface area contributed by atoms with Crippen molar-refractivity contribution in [2.45, 2.75) is 78.4 Å². The summed E-state index contributed by atoms with van der Waals surface area (Å²) in [7, 11) is -1.95. The molecular weight excluding hydrogens is 386 g/mol. The summed E-state index contributed by atoms with van der Waals surface area (Å²) in [5, 5.41) is 3.21. The number of hydrogen-bond donors (Lipinski definition) is 1. The van der Waals surface area contributed by atoms with Crippen molar-refractivity contribution >= 4 is 14.0 Å². The first-order valence-electron chi connectivity index (χ1n) is 11.2. The molecule has 1 heterocycles. The van der Waals surface area contributed by atoms with Gasteiger partial charge in [0.2, 0.25) is 0 Å². The summed E-state index contributed by atoms with van der Waals surface area (Å²) < 4.78 is 12.6. The maximum absolute atomic E-state index is 6.93. The summed E-state index contributed by atoms with van der Waals surface area (Å²) in [6, 6.07) is 10.9. The Bertz CT molecular complexity index is 886. The number of rotatable bonds is 7. The first-order valence-corrected chi connectivity index (χ1v) is 13.3. The van der Waals surface area contributed by atoms with Crippen molar-refractivity contribution in [3.8, 4) is 11.5 Å². The van der Waals surface area contributed by atoms with E-state index in [1.165, 1.54) is 22.3 Å². The fourth-order valence-electron chi connectivity index (χ4n) is 5.18. The molecule has 162 valence electrons. The van der Waals surface area contributed by atoms with Crippen molar-refractivity contribution < 1.29 is 9.16 Å². The van der Waals surface area contributed by atoms with Gasteiger partial charge in [-0.05, 0) is 83.4 Å². The van der Waals surface area contributed by atoms with Crippen LogP contribution in [0.2, 0.25) is 16.6 Å². The Morgan fingerprint density at radius 3 is 2.07 bits per heavy atom. The Kier molecular flexibility index (Phi) is 6.66. The van der Waals surface area contributed by atoms with Gasteiger partial charge < -0.3 is 14.5 Å². The summed E-state index contributed by atoms with van der Waals surface area (Å²) in [4.78, 5) is 0. The van der Waals surface area contributed by atoms with Crippen molar-refractivity contribution in [1.29, 1.82) is 0 Å². The van der Waals surface area contributed by atoms with Crippen LogP contribution in [-0.2, 0) is 6.42 Å². The van der Waals surface area contributed by atoms with E-state index in [0.717, 1.165) is 23.6 Å². The molecule has 0 radical (unpaired) electrons. The highest BCUT2D eigenvalue weighted by Gasteiger charge is 2.47. The molecular formula is C26H37NO2Si. The molecule has 0 spiro atoms. The lowest BCUT2D eigenvalue weighted by Crippen LogP contribution is -2.50. The van der Waals surface area contributed by atoms with Gasteiger partial charge in [0.1, 0.15) is 17.8 Å². The molecule has 0 aromatic heterocycles. The first-order chi connectivity index (χ1) is 14.1. The molecule has 1 aliphatic heterocycles. The third-order valence-electron chi connectivity index (χ3n) is 6.60. The smallest absolute Gasteiger partial charge is 0.258 e. The lowest BCUT2D eigenvalue weighted by atomic mass is 9.95. The lowest BCUT2D eigenvalue weighted by molar-refractivity contribution is 0.476. The number of nitrogens with one attached hydrogen (secondary N) is 1. The van der Waals surface area contributed by atoms with Crippen LogP contribution >= 0.6 is 0 Å². The Morgan fingerprint density at radius 1 is 0.900 bits per heavy atom. The normalized spacial score (nSPS) is 13.4. The second kappa shape index (κ2) is 8.89. The van der Waals surface area contributed by atoms with Crippen LogP contribution in [0.1, 0.15) is 63.8 Å². The van der Waals surface area contributed by atoms with Crippen molar-refractivity contribution in [3.05, 3.63) is 65.0 Å².